The number of hydrogen-bond donors (Lipinski definition) is 1. The third kappa shape index (κ3) is 4.26. The molecule has 1 aliphatic heterocycles. The Kier molecular flexibility index (Phi) is 5.78. The van der Waals surface area contributed by atoms with Crippen LogP contribution in [0.5, 0.6) is 0 Å². The molecule has 5 rings (SSSR count). The molecule has 1 fully saturated rings. The van der Waals surface area contributed by atoms with Gasteiger partial charge in [0.05, 0.1) is 17.0 Å². The molecular weight excluding hydrogens is 460 g/mol. The molecule has 0 saturated carbocycles. The summed E-state index contributed by atoms with van der Waals surface area (Å²) >= 11 is 0.948. The van der Waals surface area contributed by atoms with E-state index in [2.05, 4.69) is 0 Å². The Morgan fingerprint density at radius 3 is 2.37 bits per heavy atom. The summed E-state index contributed by atoms with van der Waals surface area (Å²) in [5.74, 6) is -1.28. The van der Waals surface area contributed by atoms with Crippen LogP contribution in [0, 0.1) is 13.8 Å². The lowest BCUT2D eigenvalue weighted by Crippen LogP contribution is -2.27. The van der Waals surface area contributed by atoms with Crippen LogP contribution in [0.15, 0.2) is 77.7 Å². The highest BCUT2D eigenvalue weighted by atomic mass is 32.2. The second-order valence-electron chi connectivity index (χ2n) is 8.46. The first-order valence-corrected chi connectivity index (χ1v) is 11.9. The summed E-state index contributed by atoms with van der Waals surface area (Å²) in [7, 11) is 0. The molecule has 1 N–H and O–H groups in total. The fourth-order valence-corrected chi connectivity index (χ4v) is 5.21. The van der Waals surface area contributed by atoms with Crippen molar-refractivity contribution in [3.05, 3.63) is 106 Å². The molecule has 0 bridgehead atoms. The summed E-state index contributed by atoms with van der Waals surface area (Å²) in [6, 6.07) is 22.5. The zero-order valence-electron chi connectivity index (χ0n) is 19.2. The van der Waals surface area contributed by atoms with E-state index in [0.29, 0.717) is 4.91 Å². The summed E-state index contributed by atoms with van der Waals surface area (Å²) in [6.45, 7) is 4.10. The largest absolute Gasteiger partial charge is 0.478 e. The molecule has 35 heavy (non-hydrogen) atoms. The average Bonchev–Trinajstić information content (AvgIpc) is 3.27. The maximum Gasteiger partial charge on any atom is 0.335 e. The minimum absolute atomic E-state index is 0.219. The topological polar surface area (TPSA) is 79.6 Å². The lowest BCUT2D eigenvalue weighted by atomic mass is 10.1. The monoisotopic (exact) mass is 482 g/mol. The number of aromatic nitrogens is 1. The number of carbonyl (C=O) groups excluding carboxylic acids is 2. The number of benzene rings is 3. The zero-order valence-corrected chi connectivity index (χ0v) is 20.0. The molecule has 2 amide bonds. The number of carbonyl (C=O) groups is 3. The van der Waals surface area contributed by atoms with Gasteiger partial charge in [0.2, 0.25) is 0 Å². The van der Waals surface area contributed by atoms with E-state index in [1.807, 2.05) is 66.9 Å². The minimum atomic E-state index is -0.974. The second kappa shape index (κ2) is 8.92. The maximum atomic E-state index is 13.1. The van der Waals surface area contributed by atoms with Gasteiger partial charge in [-0.25, -0.2) is 4.79 Å². The van der Waals surface area contributed by atoms with Gasteiger partial charge in [0.1, 0.15) is 0 Å². The Labute approximate surface area is 206 Å². The highest BCUT2D eigenvalue weighted by Gasteiger charge is 2.35. The van der Waals surface area contributed by atoms with Gasteiger partial charge in [-0.3, -0.25) is 14.5 Å². The summed E-state index contributed by atoms with van der Waals surface area (Å²) in [5.41, 5.74) is 4.61. The number of rotatable bonds is 5. The number of aryl methyl sites for hydroxylation is 1. The predicted molar refractivity (Wildman–Crippen MR) is 138 cm³/mol. The van der Waals surface area contributed by atoms with Gasteiger partial charge in [-0.2, -0.15) is 0 Å². The molecule has 0 unspecified atom stereocenters. The van der Waals surface area contributed by atoms with Crippen molar-refractivity contribution in [3.8, 4) is 5.69 Å². The summed E-state index contributed by atoms with van der Waals surface area (Å²) in [5, 5.41) is 11.0. The summed E-state index contributed by atoms with van der Waals surface area (Å²) < 4.78 is 2.00. The standard InChI is InChI=1S/C28H22N2O4S/c1-17-13-23(18(2)30(17)24-11-9-21(10-12-24)27(32)33)15-25-26(31)29(28(34)35-25)16-19-7-8-20-5-3-4-6-22(20)14-19/h3-15H,16H2,1-2H3,(H,32,33)/b25-15-. The highest BCUT2D eigenvalue weighted by Crippen LogP contribution is 2.35. The number of fused-ring (bicyclic) bond motifs is 1. The van der Waals surface area contributed by atoms with E-state index < -0.39 is 5.97 Å². The van der Waals surface area contributed by atoms with Gasteiger partial charge in [0.25, 0.3) is 11.1 Å². The van der Waals surface area contributed by atoms with E-state index in [1.54, 1.807) is 30.3 Å². The molecule has 1 aromatic heterocycles. The SMILES string of the molecule is Cc1cc(/C=C2\SC(=O)N(Cc3ccc4ccccc4c3)C2=O)c(C)n1-c1ccc(C(=O)O)cc1. The van der Waals surface area contributed by atoms with Crippen LogP contribution >= 0.6 is 11.8 Å². The van der Waals surface area contributed by atoms with E-state index in [4.69, 9.17) is 5.11 Å². The smallest absolute Gasteiger partial charge is 0.335 e. The molecule has 1 aliphatic rings. The number of imide groups is 1. The molecule has 7 heteroatoms. The molecule has 0 atom stereocenters. The van der Waals surface area contributed by atoms with Crippen molar-refractivity contribution in [2.24, 2.45) is 0 Å². The summed E-state index contributed by atoms with van der Waals surface area (Å²) in [6.07, 6.45) is 1.76. The molecule has 0 radical (unpaired) electrons. The molecule has 0 spiro atoms. The van der Waals surface area contributed by atoms with Crippen molar-refractivity contribution in [1.29, 1.82) is 0 Å². The van der Waals surface area contributed by atoms with Crippen LogP contribution in [-0.2, 0) is 11.3 Å². The van der Waals surface area contributed by atoms with Crippen molar-refractivity contribution in [2.45, 2.75) is 20.4 Å². The Morgan fingerprint density at radius 2 is 1.66 bits per heavy atom. The van der Waals surface area contributed by atoms with Crippen molar-refractivity contribution in [3.63, 3.8) is 0 Å². The van der Waals surface area contributed by atoms with Crippen LogP contribution < -0.4 is 0 Å². The fraction of sp³-hybridized carbons (Fsp3) is 0.107. The van der Waals surface area contributed by atoms with Crippen molar-refractivity contribution < 1.29 is 19.5 Å². The molecule has 0 aliphatic carbocycles. The molecule has 6 nitrogen and oxygen atoms in total. The van der Waals surface area contributed by atoms with Crippen LogP contribution in [0.4, 0.5) is 4.79 Å². The first-order valence-electron chi connectivity index (χ1n) is 11.1. The first-order chi connectivity index (χ1) is 16.8. The fourth-order valence-electron chi connectivity index (χ4n) is 4.38. The molecule has 1 saturated heterocycles. The van der Waals surface area contributed by atoms with Crippen LogP contribution in [-0.4, -0.2) is 31.7 Å². The molecular formula is C28H22N2O4S. The number of amides is 2. The van der Waals surface area contributed by atoms with Crippen LogP contribution in [0.25, 0.3) is 22.5 Å². The molecule has 3 aromatic carbocycles. The Balaban J connectivity index is 1.41. The summed E-state index contributed by atoms with van der Waals surface area (Å²) in [4.78, 5) is 38.6. The lowest BCUT2D eigenvalue weighted by molar-refractivity contribution is -0.123. The molecule has 2 heterocycles. The van der Waals surface area contributed by atoms with E-state index >= 15 is 0 Å². The van der Waals surface area contributed by atoms with Crippen LogP contribution in [0.1, 0.15) is 32.9 Å². The number of aromatic carboxylic acids is 1. The van der Waals surface area contributed by atoms with Gasteiger partial charge in [0, 0.05) is 17.1 Å². The van der Waals surface area contributed by atoms with E-state index in [-0.39, 0.29) is 23.3 Å². The van der Waals surface area contributed by atoms with E-state index in [0.717, 1.165) is 50.7 Å². The van der Waals surface area contributed by atoms with Gasteiger partial charge in [-0.05, 0) is 90.0 Å². The number of hydrogen-bond acceptors (Lipinski definition) is 4. The average molecular weight is 483 g/mol. The van der Waals surface area contributed by atoms with Crippen LogP contribution in [0.2, 0.25) is 0 Å². The quantitative estimate of drug-likeness (QED) is 0.344. The maximum absolute atomic E-state index is 13.1. The van der Waals surface area contributed by atoms with Crippen molar-refractivity contribution in [1.82, 2.24) is 9.47 Å². The highest BCUT2D eigenvalue weighted by molar-refractivity contribution is 8.18. The Morgan fingerprint density at radius 1 is 0.943 bits per heavy atom. The van der Waals surface area contributed by atoms with Crippen LogP contribution in [0.3, 0.4) is 0 Å². The minimum Gasteiger partial charge on any atom is -0.478 e. The molecule has 174 valence electrons. The predicted octanol–water partition coefficient (Wildman–Crippen LogP) is 6.18. The van der Waals surface area contributed by atoms with E-state index in [9.17, 15) is 14.4 Å². The third-order valence-corrected chi connectivity index (χ3v) is 7.06. The van der Waals surface area contributed by atoms with Crippen molar-refractivity contribution in [2.75, 3.05) is 0 Å². The number of thioether (sulfide) groups is 1. The Hall–Kier alpha value is -4.10. The van der Waals surface area contributed by atoms with Crippen molar-refractivity contribution >= 4 is 45.7 Å². The zero-order chi connectivity index (χ0) is 24.7. The van der Waals surface area contributed by atoms with Gasteiger partial charge in [0.15, 0.2) is 0 Å². The third-order valence-electron chi connectivity index (χ3n) is 6.16. The van der Waals surface area contributed by atoms with Gasteiger partial charge in [-0.1, -0.05) is 36.4 Å². The van der Waals surface area contributed by atoms with Gasteiger partial charge < -0.3 is 9.67 Å². The number of nitrogens with zero attached hydrogens (tertiary/aromatic N) is 2. The van der Waals surface area contributed by atoms with Gasteiger partial charge in [-0.15, -0.1) is 0 Å². The molecule has 4 aromatic rings. The Bertz CT molecular complexity index is 1530. The normalized spacial score (nSPS) is 14.9. The lowest BCUT2D eigenvalue weighted by Gasteiger charge is -2.13. The number of carboxylic acid groups (broad SMARTS) is 1. The number of carboxylic acids is 1. The first kappa shape index (κ1) is 22.7. The van der Waals surface area contributed by atoms with Gasteiger partial charge >= 0.3 is 5.97 Å². The van der Waals surface area contributed by atoms with E-state index in [1.165, 1.54) is 4.90 Å². The second-order valence-corrected chi connectivity index (χ2v) is 9.46.